The van der Waals surface area contributed by atoms with Crippen molar-refractivity contribution in [3.63, 3.8) is 0 Å². The summed E-state index contributed by atoms with van der Waals surface area (Å²) in [6.07, 6.45) is 2.70. The maximum absolute atomic E-state index is 6.17. The fourth-order valence-electron chi connectivity index (χ4n) is 1.70. The molecule has 1 atom stereocenters. The second kappa shape index (κ2) is 4.60. The van der Waals surface area contributed by atoms with Crippen molar-refractivity contribution >= 4 is 34.1 Å². The van der Waals surface area contributed by atoms with Crippen molar-refractivity contribution in [1.82, 2.24) is 4.98 Å². The first kappa shape index (κ1) is 11.7. The van der Waals surface area contributed by atoms with Gasteiger partial charge < -0.3 is 0 Å². The SMILES string of the molecule is CCC(C)c1ccc2ncc(Cl)c(Cl)c2c1. The van der Waals surface area contributed by atoms with Crippen LogP contribution in [0.2, 0.25) is 10.0 Å². The van der Waals surface area contributed by atoms with E-state index in [1.54, 1.807) is 6.20 Å². The fourth-order valence-corrected chi connectivity index (χ4v) is 2.05. The van der Waals surface area contributed by atoms with Gasteiger partial charge >= 0.3 is 0 Å². The first-order chi connectivity index (χ1) is 7.63. The van der Waals surface area contributed by atoms with Gasteiger partial charge in [-0.25, -0.2) is 0 Å². The Balaban J connectivity index is 2.64. The molecule has 3 heteroatoms. The first-order valence-electron chi connectivity index (χ1n) is 5.37. The highest BCUT2D eigenvalue weighted by Gasteiger charge is 2.08. The molecule has 0 bridgehead atoms. The summed E-state index contributed by atoms with van der Waals surface area (Å²) in [6, 6.07) is 6.19. The van der Waals surface area contributed by atoms with Crippen LogP contribution in [0.1, 0.15) is 31.7 Å². The van der Waals surface area contributed by atoms with E-state index in [1.807, 2.05) is 6.07 Å². The van der Waals surface area contributed by atoms with Crippen molar-refractivity contribution < 1.29 is 0 Å². The lowest BCUT2D eigenvalue weighted by molar-refractivity contribution is 0.734. The van der Waals surface area contributed by atoms with Gasteiger partial charge in [0, 0.05) is 11.6 Å². The number of fused-ring (bicyclic) bond motifs is 1. The number of benzene rings is 1. The maximum Gasteiger partial charge on any atom is 0.0782 e. The van der Waals surface area contributed by atoms with Crippen molar-refractivity contribution in [3.8, 4) is 0 Å². The zero-order valence-electron chi connectivity index (χ0n) is 9.30. The minimum Gasteiger partial charge on any atom is -0.255 e. The maximum atomic E-state index is 6.17. The molecule has 1 nitrogen and oxygen atoms in total. The van der Waals surface area contributed by atoms with Gasteiger partial charge in [-0.15, -0.1) is 0 Å². The molecule has 0 radical (unpaired) electrons. The molecule has 0 fully saturated rings. The summed E-state index contributed by atoms with van der Waals surface area (Å²) >= 11 is 12.1. The van der Waals surface area contributed by atoms with Gasteiger partial charge in [0.25, 0.3) is 0 Å². The zero-order valence-corrected chi connectivity index (χ0v) is 10.8. The van der Waals surface area contributed by atoms with Gasteiger partial charge in [-0.3, -0.25) is 4.98 Å². The molecular weight excluding hydrogens is 241 g/mol. The summed E-state index contributed by atoms with van der Waals surface area (Å²) in [6.45, 7) is 4.37. The normalized spacial score (nSPS) is 13.0. The highest BCUT2D eigenvalue weighted by atomic mass is 35.5. The Kier molecular flexibility index (Phi) is 3.36. The number of halogens is 2. The molecule has 2 aromatic rings. The molecule has 2 rings (SSSR count). The summed E-state index contributed by atoms with van der Waals surface area (Å²) in [5.74, 6) is 0.527. The third kappa shape index (κ3) is 2.02. The van der Waals surface area contributed by atoms with E-state index in [9.17, 15) is 0 Å². The van der Waals surface area contributed by atoms with Gasteiger partial charge in [0.2, 0.25) is 0 Å². The van der Waals surface area contributed by atoms with Crippen LogP contribution in [-0.4, -0.2) is 4.98 Å². The largest absolute Gasteiger partial charge is 0.255 e. The minimum atomic E-state index is 0.510. The molecule has 0 spiro atoms. The summed E-state index contributed by atoms with van der Waals surface area (Å²) in [5.41, 5.74) is 2.17. The summed E-state index contributed by atoms with van der Waals surface area (Å²) in [5, 5.41) is 2.04. The van der Waals surface area contributed by atoms with E-state index in [4.69, 9.17) is 23.2 Å². The Morgan fingerprint density at radius 2 is 2.06 bits per heavy atom. The van der Waals surface area contributed by atoms with Crippen LogP contribution < -0.4 is 0 Å². The number of nitrogens with zero attached hydrogens (tertiary/aromatic N) is 1. The molecule has 0 aliphatic carbocycles. The van der Waals surface area contributed by atoms with Crippen LogP contribution in [-0.2, 0) is 0 Å². The molecule has 0 aliphatic rings. The molecular formula is C13H13Cl2N. The highest BCUT2D eigenvalue weighted by Crippen LogP contribution is 2.31. The molecule has 0 amide bonds. The lowest BCUT2D eigenvalue weighted by Gasteiger charge is -2.10. The van der Waals surface area contributed by atoms with E-state index in [0.29, 0.717) is 16.0 Å². The number of hydrogen-bond acceptors (Lipinski definition) is 1. The van der Waals surface area contributed by atoms with E-state index >= 15 is 0 Å². The zero-order chi connectivity index (χ0) is 11.7. The lowest BCUT2D eigenvalue weighted by Crippen LogP contribution is -1.92. The molecule has 0 saturated carbocycles. The Morgan fingerprint density at radius 3 is 2.75 bits per heavy atom. The standard InChI is InChI=1S/C13H13Cl2N/c1-3-8(2)9-4-5-12-10(6-9)13(15)11(14)7-16-12/h4-8H,3H2,1-2H3. The topological polar surface area (TPSA) is 12.9 Å². The van der Waals surface area contributed by atoms with Crippen molar-refractivity contribution in [2.45, 2.75) is 26.2 Å². The molecule has 1 heterocycles. The van der Waals surface area contributed by atoms with Gasteiger partial charge in [-0.1, -0.05) is 43.1 Å². The van der Waals surface area contributed by atoms with E-state index in [1.165, 1.54) is 5.56 Å². The number of hydrogen-bond donors (Lipinski definition) is 0. The molecule has 1 aromatic carbocycles. The average Bonchev–Trinajstić information content (AvgIpc) is 2.32. The lowest BCUT2D eigenvalue weighted by atomic mass is 9.97. The monoisotopic (exact) mass is 253 g/mol. The number of rotatable bonds is 2. The van der Waals surface area contributed by atoms with Crippen molar-refractivity contribution in [2.75, 3.05) is 0 Å². The Labute approximate surface area is 105 Å². The predicted octanol–water partition coefficient (Wildman–Crippen LogP) is 5.06. The van der Waals surface area contributed by atoms with E-state index in [0.717, 1.165) is 17.3 Å². The molecule has 1 aromatic heterocycles. The first-order valence-corrected chi connectivity index (χ1v) is 6.12. The van der Waals surface area contributed by atoms with Crippen LogP contribution >= 0.6 is 23.2 Å². The molecule has 0 aliphatic heterocycles. The van der Waals surface area contributed by atoms with Gasteiger partial charge in [0.05, 0.1) is 15.6 Å². The van der Waals surface area contributed by atoms with Gasteiger partial charge in [-0.2, -0.15) is 0 Å². The average molecular weight is 254 g/mol. The van der Waals surface area contributed by atoms with Crippen molar-refractivity contribution in [1.29, 1.82) is 0 Å². The fraction of sp³-hybridized carbons (Fsp3) is 0.308. The molecule has 84 valence electrons. The van der Waals surface area contributed by atoms with Gasteiger partial charge in [0.15, 0.2) is 0 Å². The second-order valence-electron chi connectivity index (χ2n) is 4.01. The second-order valence-corrected chi connectivity index (χ2v) is 4.79. The van der Waals surface area contributed by atoms with Crippen LogP contribution in [0.3, 0.4) is 0 Å². The molecule has 1 unspecified atom stereocenters. The summed E-state index contributed by atoms with van der Waals surface area (Å²) in [7, 11) is 0. The quantitative estimate of drug-likeness (QED) is 0.730. The predicted molar refractivity (Wildman–Crippen MR) is 70.5 cm³/mol. The number of aromatic nitrogens is 1. The molecule has 0 N–H and O–H groups in total. The van der Waals surface area contributed by atoms with Crippen LogP contribution in [0.25, 0.3) is 10.9 Å². The van der Waals surface area contributed by atoms with E-state index in [-0.39, 0.29) is 0 Å². The van der Waals surface area contributed by atoms with Crippen LogP contribution in [0.5, 0.6) is 0 Å². The van der Waals surface area contributed by atoms with Crippen LogP contribution in [0.15, 0.2) is 24.4 Å². The Bertz CT molecular complexity index is 523. The Morgan fingerprint density at radius 1 is 1.31 bits per heavy atom. The summed E-state index contributed by atoms with van der Waals surface area (Å²) in [4.78, 5) is 4.25. The summed E-state index contributed by atoms with van der Waals surface area (Å²) < 4.78 is 0. The Hall–Kier alpha value is -0.790. The molecule has 0 saturated heterocycles. The van der Waals surface area contributed by atoms with Crippen molar-refractivity contribution in [2.24, 2.45) is 0 Å². The molecule has 16 heavy (non-hydrogen) atoms. The minimum absolute atomic E-state index is 0.510. The van der Waals surface area contributed by atoms with E-state index in [2.05, 4.69) is 31.0 Å². The number of pyridine rings is 1. The third-order valence-electron chi connectivity index (χ3n) is 2.97. The van der Waals surface area contributed by atoms with Gasteiger partial charge in [0.1, 0.15) is 0 Å². The van der Waals surface area contributed by atoms with Gasteiger partial charge in [-0.05, 0) is 30.0 Å². The van der Waals surface area contributed by atoms with Crippen molar-refractivity contribution in [3.05, 3.63) is 40.0 Å². The van der Waals surface area contributed by atoms with Crippen LogP contribution in [0.4, 0.5) is 0 Å². The van der Waals surface area contributed by atoms with E-state index < -0.39 is 0 Å². The third-order valence-corrected chi connectivity index (χ3v) is 3.76. The smallest absolute Gasteiger partial charge is 0.0782 e. The highest BCUT2D eigenvalue weighted by molar-refractivity contribution is 6.45. The van der Waals surface area contributed by atoms with Crippen LogP contribution in [0, 0.1) is 0 Å².